The Morgan fingerprint density at radius 1 is 1.82 bits per heavy atom. The van der Waals surface area contributed by atoms with Gasteiger partial charge in [-0.1, -0.05) is 0 Å². The van der Waals surface area contributed by atoms with Crippen molar-refractivity contribution in [3.8, 4) is 0 Å². The van der Waals surface area contributed by atoms with E-state index >= 15 is 0 Å². The van der Waals surface area contributed by atoms with Crippen molar-refractivity contribution in [1.29, 1.82) is 0 Å². The van der Waals surface area contributed by atoms with Gasteiger partial charge < -0.3 is 9.84 Å². The van der Waals surface area contributed by atoms with E-state index < -0.39 is 24.2 Å². The number of carbonyl (C=O) groups excluding carboxylic acids is 1. The molecule has 60 valence electrons. The van der Waals surface area contributed by atoms with Crippen molar-refractivity contribution in [3.63, 3.8) is 0 Å². The van der Waals surface area contributed by atoms with Crippen molar-refractivity contribution in [2.45, 2.75) is 12.3 Å². The van der Waals surface area contributed by atoms with Crippen LogP contribution in [-0.4, -0.2) is 29.3 Å². The van der Waals surface area contributed by atoms with Crippen molar-refractivity contribution in [1.82, 2.24) is 0 Å². The van der Waals surface area contributed by atoms with Gasteiger partial charge in [0.05, 0.1) is 0 Å². The lowest BCUT2D eigenvalue weighted by atomic mass is 10.2. The Morgan fingerprint density at radius 3 is 2.82 bits per heavy atom. The first kappa shape index (κ1) is 7.71. The monoisotopic (exact) mass is 160 g/mol. The van der Waals surface area contributed by atoms with Crippen LogP contribution in [0, 0.1) is 0 Å². The summed E-state index contributed by atoms with van der Waals surface area (Å²) >= 11 is 0. The molecule has 0 fully saturated rings. The number of esters is 1. The number of carbonyl (C=O) groups is 2. The molecule has 0 radical (unpaired) electrons. The SMILES string of the molecule is O=C1C=C[C@H]([C@@H](F)C(=O)O)O1. The van der Waals surface area contributed by atoms with Crippen LogP contribution in [0.25, 0.3) is 0 Å². The molecule has 1 N–H and O–H groups in total. The zero-order valence-corrected chi connectivity index (χ0v) is 5.36. The third-order valence-electron chi connectivity index (χ3n) is 1.20. The molecule has 0 unspecified atom stereocenters. The fraction of sp³-hybridized carbons (Fsp3) is 0.333. The summed E-state index contributed by atoms with van der Waals surface area (Å²) in [5, 5.41) is 8.13. The molecule has 0 spiro atoms. The summed E-state index contributed by atoms with van der Waals surface area (Å²) in [6, 6.07) is 0. The second-order valence-corrected chi connectivity index (χ2v) is 2.00. The summed E-state index contributed by atoms with van der Waals surface area (Å²) < 4.78 is 16.8. The van der Waals surface area contributed by atoms with Gasteiger partial charge in [-0.15, -0.1) is 0 Å². The molecule has 0 saturated carbocycles. The Balaban J connectivity index is 2.57. The fourth-order valence-corrected chi connectivity index (χ4v) is 0.684. The minimum absolute atomic E-state index is 0.709. The number of alkyl halides is 1. The Bertz CT molecular complexity index is 223. The summed E-state index contributed by atoms with van der Waals surface area (Å²) in [6.07, 6.45) is -1.35. The molecule has 0 aliphatic carbocycles. The Morgan fingerprint density at radius 2 is 2.45 bits per heavy atom. The van der Waals surface area contributed by atoms with Crippen LogP contribution >= 0.6 is 0 Å². The number of halogens is 1. The lowest BCUT2D eigenvalue weighted by Gasteiger charge is -2.08. The van der Waals surface area contributed by atoms with Gasteiger partial charge in [-0.2, -0.15) is 0 Å². The Labute approximate surface area is 61.3 Å². The van der Waals surface area contributed by atoms with E-state index in [1.165, 1.54) is 0 Å². The minimum Gasteiger partial charge on any atom is -0.479 e. The molecule has 2 atom stereocenters. The maximum absolute atomic E-state index is 12.5. The molecule has 1 rings (SSSR count). The molecular weight excluding hydrogens is 155 g/mol. The van der Waals surface area contributed by atoms with Crippen LogP contribution in [0.1, 0.15) is 0 Å². The van der Waals surface area contributed by atoms with Crippen LogP contribution in [0.5, 0.6) is 0 Å². The standard InChI is InChI=1S/C6H5FO4/c7-5(6(9)10)3-1-2-4(8)11-3/h1-3,5H,(H,9,10)/t3-,5-/m1/s1. The van der Waals surface area contributed by atoms with E-state index in [1.54, 1.807) is 0 Å². The second kappa shape index (κ2) is 2.69. The van der Waals surface area contributed by atoms with E-state index in [0.29, 0.717) is 0 Å². The highest BCUT2D eigenvalue weighted by Gasteiger charge is 2.31. The highest BCUT2D eigenvalue weighted by Crippen LogP contribution is 2.12. The average molecular weight is 160 g/mol. The van der Waals surface area contributed by atoms with E-state index in [0.717, 1.165) is 12.2 Å². The van der Waals surface area contributed by atoms with E-state index in [2.05, 4.69) is 4.74 Å². The van der Waals surface area contributed by atoms with E-state index in [1.807, 2.05) is 0 Å². The zero-order chi connectivity index (χ0) is 8.43. The Hall–Kier alpha value is -1.39. The van der Waals surface area contributed by atoms with Crippen molar-refractivity contribution >= 4 is 11.9 Å². The third kappa shape index (κ3) is 1.54. The maximum atomic E-state index is 12.5. The van der Waals surface area contributed by atoms with Gasteiger partial charge in [0, 0.05) is 6.08 Å². The zero-order valence-electron chi connectivity index (χ0n) is 5.36. The molecule has 0 bridgehead atoms. The van der Waals surface area contributed by atoms with Gasteiger partial charge in [0.25, 0.3) is 0 Å². The molecule has 0 aromatic heterocycles. The van der Waals surface area contributed by atoms with Crippen LogP contribution in [0.2, 0.25) is 0 Å². The van der Waals surface area contributed by atoms with Gasteiger partial charge in [-0.3, -0.25) is 0 Å². The molecule has 11 heavy (non-hydrogen) atoms. The van der Waals surface area contributed by atoms with Crippen LogP contribution < -0.4 is 0 Å². The predicted molar refractivity (Wildman–Crippen MR) is 31.6 cm³/mol. The van der Waals surface area contributed by atoms with Gasteiger partial charge in [0.1, 0.15) is 0 Å². The van der Waals surface area contributed by atoms with Crippen LogP contribution in [0.3, 0.4) is 0 Å². The summed E-state index contributed by atoms with van der Waals surface area (Å²) in [7, 11) is 0. The molecule has 0 aromatic rings. The number of hydrogen-bond acceptors (Lipinski definition) is 3. The van der Waals surface area contributed by atoms with Gasteiger partial charge >= 0.3 is 11.9 Å². The lowest BCUT2D eigenvalue weighted by molar-refractivity contribution is -0.151. The van der Waals surface area contributed by atoms with E-state index in [-0.39, 0.29) is 0 Å². The first-order chi connectivity index (χ1) is 5.11. The van der Waals surface area contributed by atoms with Gasteiger partial charge in [-0.05, 0) is 6.08 Å². The van der Waals surface area contributed by atoms with E-state index in [4.69, 9.17) is 5.11 Å². The molecule has 0 amide bonds. The first-order valence-corrected chi connectivity index (χ1v) is 2.87. The molecule has 5 heteroatoms. The second-order valence-electron chi connectivity index (χ2n) is 2.00. The maximum Gasteiger partial charge on any atom is 0.342 e. The normalized spacial score (nSPS) is 24.8. The van der Waals surface area contributed by atoms with Crippen LogP contribution in [0.15, 0.2) is 12.2 Å². The minimum atomic E-state index is -2.17. The van der Waals surface area contributed by atoms with Crippen molar-refractivity contribution in [2.24, 2.45) is 0 Å². The average Bonchev–Trinajstić information content (AvgIpc) is 2.34. The number of aliphatic carboxylic acids is 1. The summed E-state index contributed by atoms with van der Waals surface area (Å²) in [6.45, 7) is 0. The first-order valence-electron chi connectivity index (χ1n) is 2.87. The molecular formula is C6H5FO4. The number of ether oxygens (including phenoxy) is 1. The Kier molecular flexibility index (Phi) is 1.89. The molecule has 1 aliphatic heterocycles. The van der Waals surface area contributed by atoms with Gasteiger partial charge in [-0.25, -0.2) is 14.0 Å². The summed E-state index contributed by atoms with van der Waals surface area (Å²) in [4.78, 5) is 20.3. The molecule has 0 saturated heterocycles. The van der Waals surface area contributed by atoms with Crippen molar-refractivity contribution < 1.29 is 23.8 Å². The van der Waals surface area contributed by atoms with Crippen LogP contribution in [-0.2, 0) is 14.3 Å². The third-order valence-corrected chi connectivity index (χ3v) is 1.20. The van der Waals surface area contributed by atoms with Gasteiger partial charge in [0.15, 0.2) is 6.10 Å². The topological polar surface area (TPSA) is 63.6 Å². The lowest BCUT2D eigenvalue weighted by Crippen LogP contribution is -2.29. The van der Waals surface area contributed by atoms with Gasteiger partial charge in [0.2, 0.25) is 6.17 Å². The number of cyclic esters (lactones) is 1. The highest BCUT2D eigenvalue weighted by atomic mass is 19.1. The quantitative estimate of drug-likeness (QED) is 0.572. The smallest absolute Gasteiger partial charge is 0.342 e. The molecule has 0 aromatic carbocycles. The van der Waals surface area contributed by atoms with Crippen molar-refractivity contribution in [3.05, 3.63) is 12.2 Å². The fourth-order valence-electron chi connectivity index (χ4n) is 0.684. The molecule has 1 heterocycles. The van der Waals surface area contributed by atoms with Crippen molar-refractivity contribution in [2.75, 3.05) is 0 Å². The molecule has 4 nitrogen and oxygen atoms in total. The number of rotatable bonds is 2. The molecule has 1 aliphatic rings. The van der Waals surface area contributed by atoms with E-state index in [9.17, 15) is 14.0 Å². The summed E-state index contributed by atoms with van der Waals surface area (Å²) in [5.74, 6) is -2.34. The van der Waals surface area contributed by atoms with Crippen LogP contribution in [0.4, 0.5) is 4.39 Å². The largest absolute Gasteiger partial charge is 0.479 e. The summed E-state index contributed by atoms with van der Waals surface area (Å²) in [5.41, 5.74) is 0. The predicted octanol–water partition coefficient (Wildman–Crippen LogP) is -0.109. The number of carboxylic acid groups (broad SMARTS) is 1. The highest BCUT2D eigenvalue weighted by molar-refractivity contribution is 5.86. The number of hydrogen-bond donors (Lipinski definition) is 1. The number of carboxylic acids is 1.